The molecule has 0 amide bonds. The normalized spacial score (nSPS) is 36.6. The van der Waals surface area contributed by atoms with Crippen LogP contribution in [0.2, 0.25) is 0 Å². The van der Waals surface area contributed by atoms with Gasteiger partial charge in [0.2, 0.25) is 5.54 Å². The predicted octanol–water partition coefficient (Wildman–Crippen LogP) is 1.83. The van der Waals surface area contributed by atoms with E-state index in [0.29, 0.717) is 0 Å². The molecule has 4 atom stereocenters. The maximum atomic E-state index is 13.0. The van der Waals surface area contributed by atoms with Crippen molar-refractivity contribution in [1.29, 1.82) is 0 Å². The van der Waals surface area contributed by atoms with E-state index in [4.69, 9.17) is 21.4 Å². The lowest BCUT2D eigenvalue weighted by atomic mass is 9.82. The molecule has 0 aromatic rings. The van der Waals surface area contributed by atoms with Gasteiger partial charge in [-0.2, -0.15) is 26.3 Å². The quantitative estimate of drug-likeness (QED) is 0.614. The van der Waals surface area contributed by atoms with Crippen molar-refractivity contribution in [3.8, 4) is 0 Å². The molecule has 0 aromatic heterocycles. The first kappa shape index (κ1) is 16.1. The highest BCUT2D eigenvalue weighted by Crippen LogP contribution is 2.58. The summed E-state index contributed by atoms with van der Waals surface area (Å²) in [7, 11) is 0. The van der Waals surface area contributed by atoms with E-state index in [1.807, 2.05) is 0 Å². The molecule has 0 unspecified atom stereocenters. The van der Waals surface area contributed by atoms with E-state index < -0.39 is 47.8 Å². The highest BCUT2D eigenvalue weighted by Gasteiger charge is 2.81. The first-order valence-corrected chi connectivity index (χ1v) is 6.27. The summed E-state index contributed by atoms with van der Waals surface area (Å²) in [6, 6.07) is -1.25. The zero-order chi connectivity index (χ0) is 15.3. The Bertz CT molecular complexity index is 360. The smallest absolute Gasteiger partial charge is 0.394 e. The minimum atomic E-state index is -5.50. The van der Waals surface area contributed by atoms with E-state index in [0.717, 1.165) is 0 Å². The van der Waals surface area contributed by atoms with E-state index >= 15 is 0 Å². The van der Waals surface area contributed by atoms with Crippen LogP contribution in [0.15, 0.2) is 0 Å². The summed E-state index contributed by atoms with van der Waals surface area (Å²) in [5.74, 6) is -1.85. The van der Waals surface area contributed by atoms with Crippen molar-refractivity contribution in [3.63, 3.8) is 0 Å². The molecular formula is C10H12ClF6NO2. The average molecular weight is 328 g/mol. The molecule has 1 heterocycles. The van der Waals surface area contributed by atoms with Gasteiger partial charge >= 0.3 is 12.4 Å². The zero-order valence-corrected chi connectivity index (χ0v) is 10.7. The highest BCUT2D eigenvalue weighted by atomic mass is 35.5. The van der Waals surface area contributed by atoms with Gasteiger partial charge in [0.25, 0.3) is 0 Å². The Balaban J connectivity index is 2.29. The van der Waals surface area contributed by atoms with Crippen molar-refractivity contribution >= 4 is 11.6 Å². The Hall–Kier alpha value is -0.250. The number of fused-ring (bicyclic) bond motifs is 2. The van der Waals surface area contributed by atoms with Crippen LogP contribution in [-0.4, -0.2) is 53.7 Å². The topological polar surface area (TPSA) is 41.5 Å². The van der Waals surface area contributed by atoms with Crippen LogP contribution in [0.5, 0.6) is 0 Å². The van der Waals surface area contributed by atoms with Gasteiger partial charge in [0, 0.05) is 5.92 Å². The van der Waals surface area contributed by atoms with Gasteiger partial charge in [0.05, 0.1) is 30.7 Å². The Morgan fingerprint density at radius 3 is 2.10 bits per heavy atom. The van der Waals surface area contributed by atoms with E-state index in [2.05, 4.69) is 0 Å². The molecular weight excluding hydrogens is 316 g/mol. The number of rotatable bonds is 3. The number of ether oxygens (including phenoxy) is 1. The molecule has 1 aliphatic heterocycles. The number of hydrogen-bond donors (Lipinski definition) is 2. The number of aliphatic hydroxyl groups excluding tert-OH is 1. The summed E-state index contributed by atoms with van der Waals surface area (Å²) in [5, 5.41) is 8.86. The minimum absolute atomic E-state index is 0.162. The van der Waals surface area contributed by atoms with Crippen LogP contribution in [0.25, 0.3) is 0 Å². The lowest BCUT2D eigenvalue weighted by Gasteiger charge is -2.42. The highest BCUT2D eigenvalue weighted by molar-refractivity contribution is 6.22. The zero-order valence-electron chi connectivity index (χ0n) is 9.93. The number of alkyl halides is 7. The van der Waals surface area contributed by atoms with Crippen LogP contribution in [0.4, 0.5) is 26.3 Å². The summed E-state index contributed by atoms with van der Waals surface area (Å²) < 4.78 is 83.0. The van der Waals surface area contributed by atoms with Gasteiger partial charge in [-0.25, -0.2) is 0 Å². The maximum Gasteiger partial charge on any atom is 0.415 e. The number of halogens is 7. The lowest BCUT2D eigenvalue weighted by molar-refractivity contribution is -0.321. The molecule has 1 saturated carbocycles. The van der Waals surface area contributed by atoms with Gasteiger partial charge < -0.3 is 9.84 Å². The Labute approximate surface area is 115 Å². The Morgan fingerprint density at radius 2 is 1.75 bits per heavy atom. The van der Waals surface area contributed by atoms with Crippen molar-refractivity contribution < 1.29 is 36.2 Å². The molecule has 1 aliphatic carbocycles. The monoisotopic (exact) mass is 327 g/mol. The summed E-state index contributed by atoms with van der Waals surface area (Å²) in [6.45, 7) is -0.533. The van der Waals surface area contributed by atoms with Gasteiger partial charge in [-0.05, 0) is 6.42 Å². The maximum absolute atomic E-state index is 13.0. The molecule has 2 bridgehead atoms. The van der Waals surface area contributed by atoms with Crippen molar-refractivity contribution in [2.24, 2.45) is 5.92 Å². The third-order valence-electron chi connectivity index (χ3n) is 3.88. The molecule has 20 heavy (non-hydrogen) atoms. The van der Waals surface area contributed by atoms with E-state index in [9.17, 15) is 26.3 Å². The van der Waals surface area contributed by atoms with Gasteiger partial charge in [-0.1, -0.05) is 0 Å². The average Bonchev–Trinajstić information content (AvgIpc) is 2.75. The van der Waals surface area contributed by atoms with Gasteiger partial charge in [-0.3, -0.25) is 5.32 Å². The second kappa shape index (κ2) is 4.89. The number of nitrogens with one attached hydrogen (secondary N) is 1. The number of piperidine rings is 1. The molecule has 3 nitrogen and oxygen atoms in total. The molecule has 118 valence electrons. The van der Waals surface area contributed by atoms with E-state index in [1.165, 1.54) is 0 Å². The summed E-state index contributed by atoms with van der Waals surface area (Å²) in [6.07, 6.45) is -12.3. The fraction of sp³-hybridized carbons (Fsp3) is 1.00. The van der Waals surface area contributed by atoms with Crippen molar-refractivity contribution in [2.75, 3.05) is 13.2 Å². The molecule has 2 rings (SSSR count). The van der Waals surface area contributed by atoms with Gasteiger partial charge in [0.15, 0.2) is 0 Å². The van der Waals surface area contributed by atoms with Crippen LogP contribution in [0.1, 0.15) is 6.42 Å². The fourth-order valence-corrected chi connectivity index (χ4v) is 3.58. The number of hydrogen-bond acceptors (Lipinski definition) is 3. The van der Waals surface area contributed by atoms with E-state index in [1.54, 1.807) is 5.32 Å². The van der Waals surface area contributed by atoms with Gasteiger partial charge in [0.1, 0.15) is 0 Å². The SMILES string of the molecule is OCCO[C@H]1C[C@H]2[C@H](Cl)[C@H]1NC2(C(F)(F)F)C(F)(F)F. The summed E-state index contributed by atoms with van der Waals surface area (Å²) in [5.41, 5.74) is -3.99. The predicted molar refractivity (Wildman–Crippen MR) is 56.3 cm³/mol. The van der Waals surface area contributed by atoms with Crippen LogP contribution >= 0.6 is 11.6 Å². The first-order valence-electron chi connectivity index (χ1n) is 5.84. The first-order chi connectivity index (χ1) is 9.06. The third-order valence-corrected chi connectivity index (χ3v) is 4.46. The molecule has 0 aromatic carbocycles. The standard InChI is InChI=1S/C10H12ClF6NO2/c11-6-4-3-5(20-2-1-19)7(6)18-8(4,9(12,13)14)10(15,16)17/h4-7,18-19H,1-3H2/t4-,5-,6-,7-/m0/s1. The van der Waals surface area contributed by atoms with Gasteiger partial charge in [-0.15, -0.1) is 11.6 Å². The molecule has 10 heteroatoms. The van der Waals surface area contributed by atoms with E-state index in [-0.39, 0.29) is 13.2 Å². The van der Waals surface area contributed by atoms with Crippen molar-refractivity contribution in [2.45, 2.75) is 41.8 Å². The van der Waals surface area contributed by atoms with Crippen LogP contribution < -0.4 is 5.32 Å². The van der Waals surface area contributed by atoms with Crippen LogP contribution in [0, 0.1) is 5.92 Å². The lowest BCUT2D eigenvalue weighted by Crippen LogP contribution is -2.70. The third kappa shape index (κ3) is 2.10. The summed E-state index contributed by atoms with van der Waals surface area (Å²) >= 11 is 5.74. The fourth-order valence-electron chi connectivity index (χ4n) is 3.06. The van der Waals surface area contributed by atoms with Crippen LogP contribution in [0.3, 0.4) is 0 Å². The largest absolute Gasteiger partial charge is 0.415 e. The molecule has 0 radical (unpaired) electrons. The molecule has 2 aliphatic rings. The molecule has 2 N–H and O–H groups in total. The van der Waals surface area contributed by atoms with Crippen molar-refractivity contribution in [3.05, 3.63) is 0 Å². The Morgan fingerprint density at radius 1 is 1.20 bits per heavy atom. The number of aliphatic hydroxyl groups is 1. The minimum Gasteiger partial charge on any atom is -0.394 e. The van der Waals surface area contributed by atoms with Crippen LogP contribution in [-0.2, 0) is 4.74 Å². The summed E-state index contributed by atoms with van der Waals surface area (Å²) in [4.78, 5) is 0. The van der Waals surface area contributed by atoms with Crippen molar-refractivity contribution in [1.82, 2.24) is 5.32 Å². The second-order valence-electron chi connectivity index (χ2n) is 4.89. The molecule has 2 fully saturated rings. The Kier molecular flexibility index (Phi) is 3.94. The second-order valence-corrected chi connectivity index (χ2v) is 5.40. The molecule has 0 spiro atoms. The molecule has 1 saturated heterocycles.